The number of phenolic OH excluding ortho intramolecular Hbond substituents is 1. The summed E-state index contributed by atoms with van der Waals surface area (Å²) in [6, 6.07) is 21.0. The number of aromatic hydroxyl groups is 1. The van der Waals surface area contributed by atoms with Gasteiger partial charge in [0.15, 0.2) is 5.75 Å². The predicted octanol–water partition coefficient (Wildman–Crippen LogP) is 7.06. The summed E-state index contributed by atoms with van der Waals surface area (Å²) in [5, 5.41) is 20.0. The van der Waals surface area contributed by atoms with Crippen molar-refractivity contribution in [2.45, 2.75) is 20.4 Å². The molecule has 0 saturated carbocycles. The molecule has 0 atom stereocenters. The molecule has 0 fully saturated rings. The molecule has 7 heteroatoms. The Morgan fingerprint density at radius 1 is 1.06 bits per heavy atom. The first-order valence-electron chi connectivity index (χ1n) is 10.2. The first kappa shape index (κ1) is 21.8. The summed E-state index contributed by atoms with van der Waals surface area (Å²) in [4.78, 5) is 13.0. The number of rotatable bonds is 6. The summed E-state index contributed by atoms with van der Waals surface area (Å²) in [6.45, 7) is 4.43. The monoisotopic (exact) mass is 491 g/mol. The van der Waals surface area contributed by atoms with E-state index in [4.69, 9.17) is 4.74 Å². The number of carbonyl (C=O) groups excluding carboxylic acids is 1. The van der Waals surface area contributed by atoms with Crippen LogP contribution in [0.2, 0.25) is 0 Å². The van der Waals surface area contributed by atoms with E-state index in [2.05, 4.69) is 26.2 Å². The number of hydrogen-bond donors (Lipinski definition) is 1. The van der Waals surface area contributed by atoms with E-state index in [-0.39, 0.29) is 18.0 Å². The van der Waals surface area contributed by atoms with Crippen LogP contribution in [0.1, 0.15) is 28.5 Å². The molecule has 1 heterocycles. The maximum absolute atomic E-state index is 13.0. The fourth-order valence-electron chi connectivity index (χ4n) is 3.69. The van der Waals surface area contributed by atoms with Crippen molar-refractivity contribution in [2.75, 3.05) is 6.61 Å². The topological polar surface area (TPSA) is 76.2 Å². The molecule has 0 unspecified atom stereocenters. The molecular formula is C25H22BrN3O3. The fourth-order valence-corrected chi connectivity index (χ4v) is 4.10. The van der Waals surface area contributed by atoms with Gasteiger partial charge in [-0.15, -0.1) is 5.11 Å². The van der Waals surface area contributed by atoms with Gasteiger partial charge in [-0.1, -0.05) is 48.5 Å². The van der Waals surface area contributed by atoms with Crippen LogP contribution in [-0.2, 0) is 11.3 Å². The van der Waals surface area contributed by atoms with Crippen LogP contribution < -0.4 is 0 Å². The van der Waals surface area contributed by atoms with Crippen molar-refractivity contribution in [3.05, 3.63) is 88.0 Å². The van der Waals surface area contributed by atoms with Crippen LogP contribution in [0, 0.1) is 6.92 Å². The molecular weight excluding hydrogens is 470 g/mol. The zero-order valence-electron chi connectivity index (χ0n) is 17.7. The van der Waals surface area contributed by atoms with Crippen LogP contribution in [0.25, 0.3) is 10.9 Å². The van der Waals surface area contributed by atoms with Crippen molar-refractivity contribution in [1.29, 1.82) is 0 Å². The van der Waals surface area contributed by atoms with Crippen LogP contribution in [0.3, 0.4) is 0 Å². The minimum atomic E-state index is -0.459. The molecule has 0 aliphatic rings. The molecule has 32 heavy (non-hydrogen) atoms. The van der Waals surface area contributed by atoms with E-state index in [0.29, 0.717) is 27.7 Å². The molecule has 1 N–H and O–H groups in total. The van der Waals surface area contributed by atoms with Crippen molar-refractivity contribution in [3.8, 4) is 5.75 Å². The Hall–Kier alpha value is -3.45. The Labute approximate surface area is 194 Å². The predicted molar refractivity (Wildman–Crippen MR) is 128 cm³/mol. The number of hydrogen-bond acceptors (Lipinski definition) is 5. The van der Waals surface area contributed by atoms with Crippen LogP contribution in [0.5, 0.6) is 5.75 Å². The van der Waals surface area contributed by atoms with E-state index in [1.165, 1.54) is 0 Å². The van der Waals surface area contributed by atoms with E-state index in [0.717, 1.165) is 16.8 Å². The number of benzene rings is 3. The minimum Gasteiger partial charge on any atom is -0.504 e. The third-order valence-electron chi connectivity index (χ3n) is 5.20. The number of phenols is 1. The number of aromatic nitrogens is 1. The van der Waals surface area contributed by atoms with Crippen molar-refractivity contribution in [1.82, 2.24) is 4.57 Å². The maximum atomic E-state index is 13.0. The molecule has 1 aromatic heterocycles. The molecule has 0 radical (unpaired) electrons. The quantitative estimate of drug-likeness (QED) is 0.231. The third-order valence-corrected chi connectivity index (χ3v) is 5.80. The lowest BCUT2D eigenvalue weighted by molar-refractivity contribution is 0.0527. The van der Waals surface area contributed by atoms with Gasteiger partial charge in [-0.3, -0.25) is 0 Å². The van der Waals surface area contributed by atoms with Crippen molar-refractivity contribution >= 4 is 44.2 Å². The van der Waals surface area contributed by atoms with Gasteiger partial charge in [0.1, 0.15) is 5.69 Å². The Morgan fingerprint density at radius 2 is 1.72 bits per heavy atom. The molecule has 0 spiro atoms. The summed E-state index contributed by atoms with van der Waals surface area (Å²) in [5.41, 5.74) is 3.80. The van der Waals surface area contributed by atoms with Gasteiger partial charge in [-0.2, -0.15) is 5.11 Å². The second kappa shape index (κ2) is 9.36. The normalized spacial score (nSPS) is 11.3. The molecule has 162 valence electrons. The molecule has 0 saturated heterocycles. The second-order valence-electron chi connectivity index (χ2n) is 7.24. The lowest BCUT2D eigenvalue weighted by Gasteiger charge is -2.10. The molecule has 0 aliphatic carbocycles. The summed E-state index contributed by atoms with van der Waals surface area (Å²) in [6.07, 6.45) is 0. The average molecular weight is 492 g/mol. The zero-order valence-corrected chi connectivity index (χ0v) is 19.3. The van der Waals surface area contributed by atoms with Gasteiger partial charge in [0.05, 0.1) is 27.8 Å². The van der Waals surface area contributed by atoms with Gasteiger partial charge in [-0.25, -0.2) is 4.79 Å². The lowest BCUT2D eigenvalue weighted by atomic mass is 10.1. The Kier molecular flexibility index (Phi) is 6.37. The van der Waals surface area contributed by atoms with Crippen molar-refractivity contribution in [3.63, 3.8) is 0 Å². The van der Waals surface area contributed by atoms with E-state index < -0.39 is 5.97 Å². The number of esters is 1. The molecule has 0 amide bonds. The van der Waals surface area contributed by atoms with Crippen molar-refractivity contribution in [2.24, 2.45) is 10.2 Å². The first-order valence-corrected chi connectivity index (χ1v) is 11.0. The molecule has 4 aromatic rings. The summed E-state index contributed by atoms with van der Waals surface area (Å²) in [5.74, 6) is -0.542. The van der Waals surface area contributed by atoms with Crippen LogP contribution in [0.15, 0.2) is 81.4 Å². The number of halogens is 1. The smallest absolute Gasteiger partial charge is 0.340 e. The molecule has 3 aromatic carbocycles. The zero-order chi connectivity index (χ0) is 22.7. The fraction of sp³-hybridized carbons (Fsp3) is 0.160. The molecule has 6 nitrogen and oxygen atoms in total. The van der Waals surface area contributed by atoms with Gasteiger partial charge < -0.3 is 14.4 Å². The van der Waals surface area contributed by atoms with E-state index in [9.17, 15) is 9.90 Å². The van der Waals surface area contributed by atoms with Crippen LogP contribution in [0.4, 0.5) is 11.4 Å². The number of ether oxygens (including phenoxy) is 1. The highest BCUT2D eigenvalue weighted by atomic mass is 79.9. The summed E-state index contributed by atoms with van der Waals surface area (Å²) >= 11 is 3.43. The van der Waals surface area contributed by atoms with Crippen molar-refractivity contribution < 1.29 is 14.6 Å². The van der Waals surface area contributed by atoms with Gasteiger partial charge in [0.2, 0.25) is 0 Å². The molecule has 0 aliphatic heterocycles. The SMILES string of the molecule is CCOC(=O)c1c(C)n(Cc2ccccc2)c2cc(Br)c(O)c(N=Nc3ccccc3)c12. The maximum Gasteiger partial charge on any atom is 0.340 e. The van der Waals surface area contributed by atoms with Gasteiger partial charge in [0, 0.05) is 17.6 Å². The lowest BCUT2D eigenvalue weighted by Crippen LogP contribution is -2.08. The standard InChI is InChI=1S/C25H22BrN3O3/c1-3-32-25(31)21-16(2)29(15-17-10-6-4-7-11-17)20-14-19(26)24(30)23(22(20)21)28-27-18-12-8-5-9-13-18/h4-14,30H,3,15H2,1-2H3. The van der Waals surface area contributed by atoms with Gasteiger partial charge in [0.25, 0.3) is 0 Å². The van der Waals surface area contributed by atoms with E-state index in [1.807, 2.05) is 72.2 Å². The highest BCUT2D eigenvalue weighted by molar-refractivity contribution is 9.10. The van der Waals surface area contributed by atoms with Gasteiger partial charge >= 0.3 is 5.97 Å². The van der Waals surface area contributed by atoms with Gasteiger partial charge in [-0.05, 0) is 53.5 Å². The molecule has 4 rings (SSSR count). The summed E-state index contributed by atoms with van der Waals surface area (Å²) in [7, 11) is 0. The van der Waals surface area contributed by atoms with Crippen LogP contribution in [-0.4, -0.2) is 22.2 Å². The Balaban J connectivity index is 1.98. The van der Waals surface area contributed by atoms with E-state index in [1.54, 1.807) is 13.0 Å². The largest absolute Gasteiger partial charge is 0.504 e. The third kappa shape index (κ3) is 4.16. The molecule has 0 bridgehead atoms. The number of fused-ring (bicyclic) bond motifs is 1. The second-order valence-corrected chi connectivity index (χ2v) is 8.09. The first-order chi connectivity index (χ1) is 15.5. The summed E-state index contributed by atoms with van der Waals surface area (Å²) < 4.78 is 7.85. The van der Waals surface area contributed by atoms with Crippen LogP contribution >= 0.6 is 15.9 Å². The van der Waals surface area contributed by atoms with E-state index >= 15 is 0 Å². The minimum absolute atomic E-state index is 0.0837. The number of carbonyl (C=O) groups is 1. The number of azo groups is 1. The average Bonchev–Trinajstić information content (AvgIpc) is 3.07. The Bertz CT molecular complexity index is 1300. The number of nitrogens with zero attached hydrogens (tertiary/aromatic N) is 3. The Morgan fingerprint density at radius 3 is 2.38 bits per heavy atom. The highest BCUT2D eigenvalue weighted by Crippen LogP contribution is 2.45. The highest BCUT2D eigenvalue weighted by Gasteiger charge is 2.26.